The monoisotopic (exact) mass is 329 g/mol. The van der Waals surface area contributed by atoms with Gasteiger partial charge in [0.25, 0.3) is 0 Å². The lowest BCUT2D eigenvalue weighted by Crippen LogP contribution is -1.96. The Morgan fingerprint density at radius 1 is 0.833 bits per heavy atom. The largest absolute Gasteiger partial charge is 0.497 e. The summed E-state index contributed by atoms with van der Waals surface area (Å²) >= 11 is 0. The fourth-order valence-corrected chi connectivity index (χ4v) is 2.36. The molecule has 0 unspecified atom stereocenters. The van der Waals surface area contributed by atoms with Crippen LogP contribution in [0.25, 0.3) is 5.57 Å². The van der Waals surface area contributed by atoms with E-state index in [2.05, 4.69) is 0 Å². The summed E-state index contributed by atoms with van der Waals surface area (Å²) in [4.78, 5) is 0. The second-order valence-corrected chi connectivity index (χ2v) is 4.76. The zero-order chi connectivity index (χ0) is 18.1. The van der Waals surface area contributed by atoms with Crippen molar-refractivity contribution >= 4 is 11.3 Å². The van der Waals surface area contributed by atoms with Gasteiger partial charge in [-0.1, -0.05) is 26.0 Å². The van der Waals surface area contributed by atoms with Gasteiger partial charge in [0.1, 0.15) is 17.2 Å². The van der Waals surface area contributed by atoms with Crippen LogP contribution >= 0.6 is 0 Å². The third-order valence-electron chi connectivity index (χ3n) is 3.49. The lowest BCUT2D eigenvalue weighted by Gasteiger charge is -2.13. The van der Waals surface area contributed by atoms with Gasteiger partial charge in [-0.25, -0.2) is 0 Å². The molecule has 0 aliphatic heterocycles. The minimum absolute atomic E-state index is 0.606. The third-order valence-corrected chi connectivity index (χ3v) is 3.49. The summed E-state index contributed by atoms with van der Waals surface area (Å²) < 4.78 is 15.9. The number of rotatable bonds is 5. The minimum Gasteiger partial charge on any atom is -0.497 e. The van der Waals surface area contributed by atoms with Crippen LogP contribution in [0, 0.1) is 0 Å². The summed E-state index contributed by atoms with van der Waals surface area (Å²) in [6.07, 6.45) is 2.04. The molecule has 0 heterocycles. The predicted molar refractivity (Wildman–Crippen MR) is 101 cm³/mol. The molecule has 0 saturated heterocycles. The normalized spacial score (nSPS) is 10.5. The maximum absolute atomic E-state index is 6.01. The van der Waals surface area contributed by atoms with E-state index in [9.17, 15) is 0 Å². The number of nitrogen functional groups attached to an aromatic ring is 1. The smallest absolute Gasteiger partial charge is 0.141 e. The Hall–Kier alpha value is -2.62. The van der Waals surface area contributed by atoms with E-state index in [0.717, 1.165) is 28.2 Å². The van der Waals surface area contributed by atoms with E-state index in [1.54, 1.807) is 21.3 Å². The van der Waals surface area contributed by atoms with Crippen LogP contribution in [0.4, 0.5) is 5.69 Å². The average molecular weight is 329 g/mol. The van der Waals surface area contributed by atoms with Crippen LogP contribution in [0.3, 0.4) is 0 Å². The first kappa shape index (κ1) is 19.4. The Morgan fingerprint density at radius 2 is 1.42 bits per heavy atom. The Morgan fingerprint density at radius 3 is 1.83 bits per heavy atom. The van der Waals surface area contributed by atoms with Crippen molar-refractivity contribution in [3.63, 3.8) is 0 Å². The molecule has 0 atom stereocenters. The number of benzene rings is 2. The van der Waals surface area contributed by atoms with E-state index < -0.39 is 0 Å². The van der Waals surface area contributed by atoms with E-state index in [0.29, 0.717) is 11.4 Å². The highest BCUT2D eigenvalue weighted by Gasteiger charge is 2.10. The SMILES string of the molecule is C/C=C(/c1cc(OC)cc(OC)c1)c1ccc(OC)c(N)c1.CC. The van der Waals surface area contributed by atoms with Gasteiger partial charge >= 0.3 is 0 Å². The van der Waals surface area contributed by atoms with Crippen molar-refractivity contribution in [1.29, 1.82) is 0 Å². The first-order chi connectivity index (χ1) is 11.6. The van der Waals surface area contributed by atoms with E-state index in [-0.39, 0.29) is 0 Å². The molecule has 0 fully saturated rings. The molecular weight excluding hydrogens is 302 g/mol. The topological polar surface area (TPSA) is 53.7 Å². The van der Waals surface area contributed by atoms with Crippen LogP contribution in [-0.4, -0.2) is 21.3 Å². The molecule has 130 valence electrons. The van der Waals surface area contributed by atoms with Crippen LogP contribution in [0.1, 0.15) is 31.9 Å². The molecule has 24 heavy (non-hydrogen) atoms. The Balaban J connectivity index is 0.00000139. The fourth-order valence-electron chi connectivity index (χ4n) is 2.36. The predicted octanol–water partition coefficient (Wildman–Crippen LogP) is 4.77. The summed E-state index contributed by atoms with van der Waals surface area (Å²) in [6, 6.07) is 11.5. The van der Waals surface area contributed by atoms with Crippen molar-refractivity contribution < 1.29 is 14.2 Å². The van der Waals surface area contributed by atoms with Gasteiger partial charge in [-0.05, 0) is 47.9 Å². The van der Waals surface area contributed by atoms with Gasteiger partial charge < -0.3 is 19.9 Å². The summed E-state index contributed by atoms with van der Waals surface area (Å²) in [5.74, 6) is 2.16. The zero-order valence-corrected chi connectivity index (χ0v) is 15.3. The maximum atomic E-state index is 6.01. The fraction of sp³-hybridized carbons (Fsp3) is 0.300. The van der Waals surface area contributed by atoms with Crippen LogP contribution in [0.5, 0.6) is 17.2 Å². The van der Waals surface area contributed by atoms with Crippen LogP contribution in [0.2, 0.25) is 0 Å². The molecule has 2 aromatic carbocycles. The standard InChI is InChI=1S/C18H21NO3.C2H6/c1-5-16(12-6-7-18(22-4)17(19)10-12)13-8-14(20-2)11-15(9-13)21-3;1-2/h5-11H,19H2,1-4H3;1-2H3/b16-5+;. The lowest BCUT2D eigenvalue weighted by atomic mass is 9.96. The van der Waals surface area contributed by atoms with E-state index in [1.165, 1.54) is 0 Å². The molecule has 0 saturated carbocycles. The van der Waals surface area contributed by atoms with Gasteiger partial charge in [0.2, 0.25) is 0 Å². The van der Waals surface area contributed by atoms with Crippen molar-refractivity contribution in [3.05, 3.63) is 53.6 Å². The van der Waals surface area contributed by atoms with Gasteiger partial charge in [0, 0.05) is 6.07 Å². The minimum atomic E-state index is 0.606. The maximum Gasteiger partial charge on any atom is 0.141 e. The third kappa shape index (κ3) is 4.44. The first-order valence-corrected chi connectivity index (χ1v) is 7.96. The summed E-state index contributed by atoms with van der Waals surface area (Å²) in [7, 11) is 4.88. The zero-order valence-electron chi connectivity index (χ0n) is 15.3. The van der Waals surface area contributed by atoms with Crippen molar-refractivity contribution in [1.82, 2.24) is 0 Å². The van der Waals surface area contributed by atoms with Gasteiger partial charge in [0.15, 0.2) is 0 Å². The summed E-state index contributed by atoms with van der Waals surface area (Å²) in [5.41, 5.74) is 9.68. The Bertz CT molecular complexity index is 671. The number of ether oxygens (including phenoxy) is 3. The number of methoxy groups -OCH3 is 3. The van der Waals surface area contributed by atoms with Crippen molar-refractivity contribution in [3.8, 4) is 17.2 Å². The van der Waals surface area contributed by atoms with Crippen molar-refractivity contribution in [2.24, 2.45) is 0 Å². The molecule has 0 spiro atoms. The highest BCUT2D eigenvalue weighted by Crippen LogP contribution is 2.33. The lowest BCUT2D eigenvalue weighted by molar-refractivity contribution is 0.394. The van der Waals surface area contributed by atoms with Gasteiger partial charge in [-0.15, -0.1) is 0 Å². The molecule has 0 bridgehead atoms. The van der Waals surface area contributed by atoms with E-state index in [4.69, 9.17) is 19.9 Å². The van der Waals surface area contributed by atoms with Crippen molar-refractivity contribution in [2.45, 2.75) is 20.8 Å². The molecule has 0 aliphatic carbocycles. The van der Waals surface area contributed by atoms with Crippen molar-refractivity contribution in [2.75, 3.05) is 27.1 Å². The number of allylic oxidation sites excluding steroid dienone is 1. The highest BCUT2D eigenvalue weighted by atomic mass is 16.5. The molecule has 0 radical (unpaired) electrons. The Kier molecular flexibility index (Phi) is 7.69. The van der Waals surface area contributed by atoms with Gasteiger partial charge in [-0.2, -0.15) is 0 Å². The molecule has 2 N–H and O–H groups in total. The molecule has 0 amide bonds. The summed E-state index contributed by atoms with van der Waals surface area (Å²) in [6.45, 7) is 5.99. The van der Waals surface area contributed by atoms with Crippen LogP contribution in [0.15, 0.2) is 42.5 Å². The van der Waals surface area contributed by atoms with Crippen LogP contribution < -0.4 is 19.9 Å². The average Bonchev–Trinajstić information content (AvgIpc) is 2.63. The van der Waals surface area contributed by atoms with Gasteiger partial charge in [0.05, 0.1) is 27.0 Å². The molecule has 0 aromatic heterocycles. The molecule has 4 heteroatoms. The first-order valence-electron chi connectivity index (χ1n) is 7.96. The van der Waals surface area contributed by atoms with Gasteiger partial charge in [-0.3, -0.25) is 0 Å². The molecule has 4 nitrogen and oxygen atoms in total. The molecule has 2 rings (SSSR count). The molecule has 2 aromatic rings. The quantitative estimate of drug-likeness (QED) is 0.803. The second kappa shape index (κ2) is 9.50. The highest BCUT2D eigenvalue weighted by molar-refractivity contribution is 5.82. The van der Waals surface area contributed by atoms with Crippen LogP contribution in [-0.2, 0) is 0 Å². The number of hydrogen-bond donors (Lipinski definition) is 1. The van der Waals surface area contributed by atoms with E-state index in [1.807, 2.05) is 63.2 Å². The molecule has 0 aliphatic rings. The Labute approximate surface area is 144 Å². The number of nitrogens with two attached hydrogens (primary N) is 1. The van der Waals surface area contributed by atoms with E-state index >= 15 is 0 Å². The second-order valence-electron chi connectivity index (χ2n) is 4.76. The molecular formula is C20H27NO3. The number of hydrogen-bond acceptors (Lipinski definition) is 4. The number of anilines is 1. The summed E-state index contributed by atoms with van der Waals surface area (Å²) in [5, 5.41) is 0.